The van der Waals surface area contributed by atoms with Crippen molar-refractivity contribution in [2.24, 2.45) is 5.92 Å². The first-order valence-electron chi connectivity index (χ1n) is 3.85. The Hall–Kier alpha value is -0.0400. The van der Waals surface area contributed by atoms with Gasteiger partial charge in [0.1, 0.15) is 0 Å². The van der Waals surface area contributed by atoms with Crippen LogP contribution in [-0.2, 0) is 0 Å². The Morgan fingerprint density at radius 2 is 2.11 bits per heavy atom. The van der Waals surface area contributed by atoms with Gasteiger partial charge in [0.2, 0.25) is 0 Å². The van der Waals surface area contributed by atoms with E-state index >= 15 is 0 Å². The van der Waals surface area contributed by atoms with Gasteiger partial charge in [0.05, 0.1) is 5.60 Å². The summed E-state index contributed by atoms with van der Waals surface area (Å²) >= 11 is 0. The van der Waals surface area contributed by atoms with Crippen molar-refractivity contribution in [2.45, 2.75) is 45.1 Å². The zero-order valence-electron chi connectivity index (χ0n) is 6.35. The van der Waals surface area contributed by atoms with E-state index in [1.54, 1.807) is 0 Å². The smallest absolute Gasteiger partial charge is 0.0645 e. The number of aliphatic hydroxyl groups is 1. The van der Waals surface area contributed by atoms with E-state index in [0.29, 0.717) is 5.92 Å². The fourth-order valence-electron chi connectivity index (χ4n) is 1.49. The maximum Gasteiger partial charge on any atom is 0.0645 e. The minimum atomic E-state index is -0.363. The lowest BCUT2D eigenvalue weighted by atomic mass is 9.78. The van der Waals surface area contributed by atoms with Crippen molar-refractivity contribution in [1.82, 2.24) is 0 Å². The van der Waals surface area contributed by atoms with E-state index in [1.807, 2.05) is 6.92 Å². The highest BCUT2D eigenvalue weighted by Gasteiger charge is 2.30. The quantitative estimate of drug-likeness (QED) is 0.528. The van der Waals surface area contributed by atoms with E-state index in [9.17, 15) is 5.11 Å². The van der Waals surface area contributed by atoms with Gasteiger partial charge in [-0.15, -0.1) is 0 Å². The van der Waals surface area contributed by atoms with Crippen LogP contribution in [0.5, 0.6) is 0 Å². The second-order valence-corrected chi connectivity index (χ2v) is 3.50. The molecule has 2 atom stereocenters. The molecular weight excluding hydrogens is 112 g/mol. The van der Waals surface area contributed by atoms with E-state index in [4.69, 9.17) is 0 Å². The van der Waals surface area contributed by atoms with E-state index in [-0.39, 0.29) is 5.60 Å². The van der Waals surface area contributed by atoms with Crippen LogP contribution in [-0.4, -0.2) is 10.7 Å². The summed E-state index contributed by atoms with van der Waals surface area (Å²) in [6.45, 7) is 4.09. The molecule has 0 aromatic carbocycles. The second kappa shape index (κ2) is 2.30. The summed E-state index contributed by atoms with van der Waals surface area (Å²) in [7, 11) is 0. The van der Waals surface area contributed by atoms with Gasteiger partial charge in [-0.25, -0.2) is 0 Å². The highest BCUT2D eigenvalue weighted by Crippen LogP contribution is 2.32. The van der Waals surface area contributed by atoms with Crippen molar-refractivity contribution in [3.05, 3.63) is 0 Å². The first-order chi connectivity index (χ1) is 4.13. The Morgan fingerprint density at radius 3 is 2.44 bits per heavy atom. The van der Waals surface area contributed by atoms with Crippen molar-refractivity contribution in [3.8, 4) is 0 Å². The van der Waals surface area contributed by atoms with E-state index in [1.165, 1.54) is 19.3 Å². The number of hydrogen-bond acceptors (Lipinski definition) is 1. The predicted octanol–water partition coefficient (Wildman–Crippen LogP) is 1.95. The molecule has 1 aliphatic carbocycles. The molecule has 1 saturated carbocycles. The van der Waals surface area contributed by atoms with Gasteiger partial charge >= 0.3 is 0 Å². The Morgan fingerprint density at radius 1 is 1.44 bits per heavy atom. The van der Waals surface area contributed by atoms with E-state index in [0.717, 1.165) is 6.42 Å². The zero-order chi connectivity index (χ0) is 6.91. The number of rotatable bonds is 0. The molecule has 0 aromatic heterocycles. The number of hydrogen-bond donors (Lipinski definition) is 1. The predicted molar refractivity (Wildman–Crippen MR) is 38.3 cm³/mol. The van der Waals surface area contributed by atoms with Crippen LogP contribution in [0, 0.1) is 5.92 Å². The van der Waals surface area contributed by atoms with Crippen molar-refractivity contribution in [3.63, 3.8) is 0 Å². The Kier molecular flexibility index (Phi) is 1.80. The summed E-state index contributed by atoms with van der Waals surface area (Å²) in [6.07, 6.45) is 4.70. The topological polar surface area (TPSA) is 20.2 Å². The maximum atomic E-state index is 9.64. The molecule has 1 rings (SSSR count). The summed E-state index contributed by atoms with van der Waals surface area (Å²) in [4.78, 5) is 0. The summed E-state index contributed by atoms with van der Waals surface area (Å²) in [5.74, 6) is 0.506. The lowest BCUT2D eigenvalue weighted by Crippen LogP contribution is -2.35. The summed E-state index contributed by atoms with van der Waals surface area (Å²) in [5, 5.41) is 9.64. The van der Waals surface area contributed by atoms with Gasteiger partial charge in [-0.3, -0.25) is 0 Å². The molecule has 1 heteroatoms. The van der Waals surface area contributed by atoms with Gasteiger partial charge in [0, 0.05) is 0 Å². The molecular formula is C8H16O. The Bertz CT molecular complexity index is 96.7. The van der Waals surface area contributed by atoms with Crippen LogP contribution in [0.3, 0.4) is 0 Å². The molecule has 9 heavy (non-hydrogen) atoms. The van der Waals surface area contributed by atoms with Gasteiger partial charge in [0.25, 0.3) is 0 Å². The minimum Gasteiger partial charge on any atom is -0.390 e. The molecule has 0 radical (unpaired) electrons. The first kappa shape index (κ1) is 7.07. The van der Waals surface area contributed by atoms with Gasteiger partial charge in [-0.2, -0.15) is 0 Å². The lowest BCUT2D eigenvalue weighted by molar-refractivity contribution is -0.0239. The standard InChI is InChI=1S/C8H16O/c1-7-5-3-4-6-8(7,2)9/h7,9H,3-6H2,1-2H3. The Balaban J connectivity index is 2.49. The zero-order valence-corrected chi connectivity index (χ0v) is 6.35. The molecule has 54 valence electrons. The van der Waals surface area contributed by atoms with Crippen LogP contribution in [0.1, 0.15) is 39.5 Å². The largest absolute Gasteiger partial charge is 0.390 e. The van der Waals surface area contributed by atoms with E-state index < -0.39 is 0 Å². The second-order valence-electron chi connectivity index (χ2n) is 3.50. The molecule has 0 aliphatic heterocycles. The van der Waals surface area contributed by atoms with Crippen LogP contribution >= 0.6 is 0 Å². The van der Waals surface area contributed by atoms with Gasteiger partial charge < -0.3 is 5.11 Å². The third-order valence-corrected chi connectivity index (χ3v) is 2.63. The van der Waals surface area contributed by atoms with Crippen molar-refractivity contribution in [2.75, 3.05) is 0 Å². The monoisotopic (exact) mass is 128 g/mol. The SMILES string of the molecule is CC1CCCCC1(C)O. The van der Waals surface area contributed by atoms with Crippen molar-refractivity contribution >= 4 is 0 Å². The molecule has 1 fully saturated rings. The molecule has 0 saturated heterocycles. The molecule has 2 unspecified atom stereocenters. The van der Waals surface area contributed by atoms with E-state index in [2.05, 4.69) is 6.92 Å². The fourth-order valence-corrected chi connectivity index (χ4v) is 1.49. The fraction of sp³-hybridized carbons (Fsp3) is 1.00. The molecule has 0 amide bonds. The summed E-state index contributed by atoms with van der Waals surface area (Å²) in [6, 6.07) is 0. The first-order valence-corrected chi connectivity index (χ1v) is 3.85. The molecule has 1 aliphatic rings. The summed E-state index contributed by atoms with van der Waals surface area (Å²) in [5.41, 5.74) is -0.363. The normalized spacial score (nSPS) is 45.0. The molecule has 1 N–H and O–H groups in total. The van der Waals surface area contributed by atoms with Crippen LogP contribution in [0.15, 0.2) is 0 Å². The van der Waals surface area contributed by atoms with Crippen LogP contribution < -0.4 is 0 Å². The van der Waals surface area contributed by atoms with Crippen LogP contribution in [0.2, 0.25) is 0 Å². The highest BCUT2D eigenvalue weighted by atomic mass is 16.3. The van der Waals surface area contributed by atoms with Gasteiger partial charge in [-0.05, 0) is 25.7 Å². The molecule has 0 heterocycles. The lowest BCUT2D eigenvalue weighted by Gasteiger charge is -2.34. The Labute approximate surface area is 57.1 Å². The average Bonchev–Trinajstić information content (AvgIpc) is 1.77. The average molecular weight is 128 g/mol. The van der Waals surface area contributed by atoms with Crippen molar-refractivity contribution in [1.29, 1.82) is 0 Å². The van der Waals surface area contributed by atoms with Crippen LogP contribution in [0.4, 0.5) is 0 Å². The molecule has 1 nitrogen and oxygen atoms in total. The molecule has 0 spiro atoms. The third-order valence-electron chi connectivity index (χ3n) is 2.63. The van der Waals surface area contributed by atoms with Gasteiger partial charge in [-0.1, -0.05) is 19.8 Å². The molecule has 0 bridgehead atoms. The minimum absolute atomic E-state index is 0.363. The van der Waals surface area contributed by atoms with Crippen LogP contribution in [0.25, 0.3) is 0 Å². The molecule has 0 aromatic rings. The van der Waals surface area contributed by atoms with Crippen molar-refractivity contribution < 1.29 is 5.11 Å². The third kappa shape index (κ3) is 1.45. The highest BCUT2D eigenvalue weighted by molar-refractivity contribution is 4.82. The van der Waals surface area contributed by atoms with Gasteiger partial charge in [0.15, 0.2) is 0 Å². The summed E-state index contributed by atoms with van der Waals surface area (Å²) < 4.78 is 0. The maximum absolute atomic E-state index is 9.64.